The highest BCUT2D eigenvalue weighted by Gasteiger charge is 2.26. The molecule has 0 spiro atoms. The number of anilines is 2. The monoisotopic (exact) mass is 1020 g/mol. The SMILES string of the molecule is COc1ccnc(F)c1-c1ccc2c(c1)C(c1ccnc(N3CCN(C(C)=O)CC3)c1)=NC2.COc1ccnc(F)c1-c1ccc2c(c1)c(-c1ccnc(N3CCN(C(C)=O)CC3)c1)nn2COCC[Si](C)(C)C. The number of aromatic nitrogens is 6. The van der Waals surface area contributed by atoms with Crippen LogP contribution in [0.25, 0.3) is 44.4 Å². The summed E-state index contributed by atoms with van der Waals surface area (Å²) in [5, 5.41) is 5.84. The number of ether oxygens (including phenoxy) is 3. The number of amides is 2. The lowest BCUT2D eigenvalue weighted by Crippen LogP contribution is -2.48. The van der Waals surface area contributed by atoms with Crippen molar-refractivity contribution in [3.05, 3.63) is 126 Å². The van der Waals surface area contributed by atoms with E-state index in [0.717, 1.165) is 75.3 Å². The van der Waals surface area contributed by atoms with E-state index in [1.165, 1.54) is 26.6 Å². The minimum absolute atomic E-state index is 0.0907. The number of carbonyl (C=O) groups is 2. The van der Waals surface area contributed by atoms with Gasteiger partial charge in [0.05, 0.1) is 43.1 Å². The molecule has 2 fully saturated rings. The Labute approximate surface area is 430 Å². The maximum Gasteiger partial charge on any atom is 0.224 e. The fourth-order valence-corrected chi connectivity index (χ4v) is 10.2. The Morgan fingerprint density at radius 1 is 0.622 bits per heavy atom. The van der Waals surface area contributed by atoms with Gasteiger partial charge >= 0.3 is 0 Å². The fraction of sp³-hybridized carbons (Fsp3) is 0.345. The molecule has 19 heteroatoms. The standard InChI is InChI=1S/C30H37FN6O3Si.C25H24FN5O2/c1-21(38)35-12-14-36(15-13-35)27-19-23(8-10-32-27)29-24-18-22(28-26(39-2)9-11-33-30(28)31)6-7-25(24)37(34-29)20-40-16-17-41(3,4)5;1-16(32)30-9-11-31(12-10-30)22-14-18(5-7-27-22)24-20-13-17(3-4-19(20)15-29-24)23-21(33-2)6-8-28-25(23)26/h6-11,18-19H,12-17,20H2,1-5H3;3-8,13-14H,9-12,15H2,1-2H3. The molecule has 3 aliphatic heterocycles. The van der Waals surface area contributed by atoms with Crippen LogP contribution in [0.1, 0.15) is 30.5 Å². The average Bonchev–Trinajstić information content (AvgIpc) is 4.01. The third-order valence-corrected chi connectivity index (χ3v) is 15.3. The van der Waals surface area contributed by atoms with Gasteiger partial charge in [-0.2, -0.15) is 13.9 Å². The normalized spacial score (nSPS) is 14.6. The molecule has 7 aromatic rings. The number of benzene rings is 2. The number of methoxy groups -OCH3 is 2. The summed E-state index contributed by atoms with van der Waals surface area (Å²) in [5.41, 5.74) is 8.40. The summed E-state index contributed by atoms with van der Waals surface area (Å²) in [5.74, 6) is 1.58. The van der Waals surface area contributed by atoms with Gasteiger partial charge in [-0.3, -0.25) is 14.6 Å². The molecule has 2 aromatic carbocycles. The van der Waals surface area contributed by atoms with Crippen LogP contribution < -0.4 is 19.3 Å². The number of carbonyl (C=O) groups excluding carboxylic acids is 2. The first-order valence-electron chi connectivity index (χ1n) is 24.8. The molecule has 3 aliphatic rings. The zero-order valence-corrected chi connectivity index (χ0v) is 43.9. The van der Waals surface area contributed by atoms with E-state index in [2.05, 4.69) is 49.4 Å². The van der Waals surface area contributed by atoms with Crippen LogP contribution in [0, 0.1) is 11.9 Å². The molecule has 2 amide bonds. The Balaban J connectivity index is 0.000000186. The Kier molecular flexibility index (Phi) is 15.4. The zero-order chi connectivity index (χ0) is 52.1. The highest BCUT2D eigenvalue weighted by molar-refractivity contribution is 6.76. The number of aliphatic imine (C=N–C) groups is 1. The second-order valence-corrected chi connectivity index (χ2v) is 25.2. The minimum atomic E-state index is -1.23. The molecule has 0 aliphatic carbocycles. The molecule has 2 saturated heterocycles. The topological polar surface area (TPSA) is 157 Å². The predicted molar refractivity (Wildman–Crippen MR) is 286 cm³/mol. The summed E-state index contributed by atoms with van der Waals surface area (Å²) < 4.78 is 48.2. The molecule has 10 rings (SSSR count). The fourth-order valence-electron chi connectivity index (χ4n) is 9.44. The van der Waals surface area contributed by atoms with Gasteiger partial charge in [0.1, 0.15) is 35.6 Å². The van der Waals surface area contributed by atoms with Crippen LogP contribution in [0.3, 0.4) is 0 Å². The van der Waals surface area contributed by atoms with Crippen LogP contribution in [-0.2, 0) is 27.6 Å². The van der Waals surface area contributed by atoms with Gasteiger partial charge < -0.3 is 33.8 Å². The summed E-state index contributed by atoms with van der Waals surface area (Å²) in [7, 11) is 1.81. The molecule has 5 aromatic heterocycles. The van der Waals surface area contributed by atoms with Gasteiger partial charge in [0.25, 0.3) is 0 Å². The molecule has 74 heavy (non-hydrogen) atoms. The Hall–Kier alpha value is -7.64. The van der Waals surface area contributed by atoms with Crippen molar-refractivity contribution in [2.45, 2.75) is 52.8 Å². The van der Waals surface area contributed by atoms with Gasteiger partial charge in [0.2, 0.25) is 23.7 Å². The molecular formula is C55H61F2N11O5Si. The van der Waals surface area contributed by atoms with Crippen LogP contribution in [0.2, 0.25) is 25.7 Å². The third-order valence-electron chi connectivity index (χ3n) is 13.6. The van der Waals surface area contributed by atoms with Gasteiger partial charge in [-0.25, -0.2) is 24.6 Å². The Morgan fingerprint density at radius 3 is 1.70 bits per heavy atom. The van der Waals surface area contributed by atoms with E-state index in [9.17, 15) is 18.4 Å². The minimum Gasteiger partial charge on any atom is -0.496 e. The first-order valence-corrected chi connectivity index (χ1v) is 28.5. The number of hydrogen-bond acceptors (Lipinski definition) is 13. The number of pyridine rings is 4. The number of halogens is 2. The number of hydrogen-bond donors (Lipinski definition) is 0. The molecule has 0 bridgehead atoms. The molecule has 0 atom stereocenters. The van der Waals surface area contributed by atoms with Crippen LogP contribution in [0.4, 0.5) is 20.4 Å². The number of nitrogens with zero attached hydrogens (tertiary/aromatic N) is 11. The Morgan fingerprint density at radius 2 is 1.15 bits per heavy atom. The van der Waals surface area contributed by atoms with Crippen molar-refractivity contribution in [2.75, 3.05) is 83.0 Å². The van der Waals surface area contributed by atoms with E-state index in [1.807, 2.05) is 75.1 Å². The maximum atomic E-state index is 14.9. The van der Waals surface area contributed by atoms with E-state index in [0.29, 0.717) is 92.9 Å². The molecular weight excluding hydrogens is 961 g/mol. The van der Waals surface area contributed by atoms with Crippen LogP contribution >= 0.6 is 0 Å². The summed E-state index contributed by atoms with van der Waals surface area (Å²) in [6.07, 6.45) is 6.36. The summed E-state index contributed by atoms with van der Waals surface area (Å²) in [4.78, 5) is 53.1. The van der Waals surface area contributed by atoms with E-state index in [1.54, 1.807) is 38.4 Å². The number of rotatable bonds is 13. The largest absolute Gasteiger partial charge is 0.496 e. The van der Waals surface area contributed by atoms with Crippen molar-refractivity contribution in [2.24, 2.45) is 4.99 Å². The smallest absolute Gasteiger partial charge is 0.224 e. The Bertz CT molecular complexity index is 3220. The van der Waals surface area contributed by atoms with Crippen molar-refractivity contribution in [3.63, 3.8) is 0 Å². The van der Waals surface area contributed by atoms with Crippen molar-refractivity contribution < 1.29 is 32.6 Å². The van der Waals surface area contributed by atoms with Crippen LogP contribution in [-0.4, -0.2) is 138 Å². The molecule has 0 saturated carbocycles. The van der Waals surface area contributed by atoms with E-state index in [4.69, 9.17) is 24.3 Å². The lowest BCUT2D eigenvalue weighted by atomic mass is 9.95. The van der Waals surface area contributed by atoms with Crippen molar-refractivity contribution >= 4 is 48.1 Å². The number of fused-ring (bicyclic) bond motifs is 2. The summed E-state index contributed by atoms with van der Waals surface area (Å²) >= 11 is 0. The molecule has 8 heterocycles. The lowest BCUT2D eigenvalue weighted by molar-refractivity contribution is -0.129. The molecule has 0 radical (unpaired) electrons. The predicted octanol–water partition coefficient (Wildman–Crippen LogP) is 8.60. The van der Waals surface area contributed by atoms with Gasteiger partial charge in [0.15, 0.2) is 0 Å². The average molecular weight is 1020 g/mol. The second kappa shape index (κ2) is 22.2. The van der Waals surface area contributed by atoms with Gasteiger partial charge in [-0.1, -0.05) is 37.8 Å². The van der Waals surface area contributed by atoms with Crippen LogP contribution in [0.15, 0.2) is 103 Å². The van der Waals surface area contributed by atoms with Crippen molar-refractivity contribution in [3.8, 4) is 45.0 Å². The zero-order valence-electron chi connectivity index (χ0n) is 42.9. The maximum absolute atomic E-state index is 14.9. The molecule has 384 valence electrons. The van der Waals surface area contributed by atoms with Gasteiger partial charge in [-0.15, -0.1) is 0 Å². The lowest BCUT2D eigenvalue weighted by Gasteiger charge is -2.35. The quantitative estimate of drug-likeness (QED) is 0.0617. The first-order chi connectivity index (χ1) is 35.7. The summed E-state index contributed by atoms with van der Waals surface area (Å²) in [6, 6.07) is 23.9. The van der Waals surface area contributed by atoms with Crippen LogP contribution in [0.5, 0.6) is 11.5 Å². The number of piperazine rings is 2. The summed E-state index contributed by atoms with van der Waals surface area (Å²) in [6.45, 7) is 17.3. The second-order valence-electron chi connectivity index (χ2n) is 19.6. The third kappa shape index (κ3) is 11.3. The van der Waals surface area contributed by atoms with Gasteiger partial charge in [-0.05, 0) is 77.3 Å². The van der Waals surface area contributed by atoms with E-state index in [-0.39, 0.29) is 11.8 Å². The van der Waals surface area contributed by atoms with Crippen molar-refractivity contribution in [1.29, 1.82) is 0 Å². The molecule has 16 nitrogen and oxygen atoms in total. The van der Waals surface area contributed by atoms with Crippen molar-refractivity contribution in [1.82, 2.24) is 39.5 Å². The highest BCUT2D eigenvalue weighted by Crippen LogP contribution is 2.38. The first kappa shape index (κ1) is 51.3. The van der Waals surface area contributed by atoms with Gasteiger partial charge in [0, 0.05) is 128 Å². The van der Waals surface area contributed by atoms with E-state index < -0.39 is 20.0 Å². The molecule has 0 N–H and O–H groups in total. The van der Waals surface area contributed by atoms with E-state index >= 15 is 0 Å². The molecule has 0 unspecified atom stereocenters. The highest BCUT2D eigenvalue weighted by atomic mass is 28.3.